The van der Waals surface area contributed by atoms with Crippen LogP contribution >= 0.6 is 0 Å². The highest BCUT2D eigenvalue weighted by Crippen LogP contribution is 2.25. The lowest BCUT2D eigenvalue weighted by Crippen LogP contribution is -2.12. The minimum atomic E-state index is -1.00. The number of ether oxygens (including phenoxy) is 3. The highest BCUT2D eigenvalue weighted by atomic mass is 16.5. The predicted octanol–water partition coefficient (Wildman–Crippen LogP) is 2.34. The summed E-state index contributed by atoms with van der Waals surface area (Å²) in [6.07, 6.45) is 3.15. The number of hydrogen-bond donors (Lipinski definition) is 1. The topological polar surface area (TPSA) is 65.0 Å². The maximum atomic E-state index is 11.1. The number of benzene rings is 1. The van der Waals surface area contributed by atoms with Crippen molar-refractivity contribution in [1.29, 1.82) is 0 Å². The van der Waals surface area contributed by atoms with Crippen LogP contribution < -0.4 is 9.47 Å². The van der Waals surface area contributed by atoms with Crippen molar-refractivity contribution in [1.82, 2.24) is 0 Å². The molecule has 104 valence electrons. The van der Waals surface area contributed by atoms with E-state index in [0.29, 0.717) is 18.1 Å². The van der Waals surface area contributed by atoms with Crippen LogP contribution in [0.15, 0.2) is 18.2 Å². The molecule has 5 nitrogen and oxygen atoms in total. The Kier molecular flexibility index (Phi) is 4.63. The summed E-state index contributed by atoms with van der Waals surface area (Å²) in [6.45, 7) is 1.25. The highest BCUT2D eigenvalue weighted by molar-refractivity contribution is 5.91. The molecule has 19 heavy (non-hydrogen) atoms. The summed E-state index contributed by atoms with van der Waals surface area (Å²) in [5.74, 6) is -0.0864. The first-order chi connectivity index (χ1) is 9.20. The molecule has 1 aliphatic rings. The van der Waals surface area contributed by atoms with Crippen LogP contribution in [0.1, 0.15) is 29.6 Å². The van der Waals surface area contributed by atoms with Gasteiger partial charge in [-0.05, 0) is 25.0 Å². The summed E-state index contributed by atoms with van der Waals surface area (Å²) in [7, 11) is 1.53. The molecule has 0 bridgehead atoms. The highest BCUT2D eigenvalue weighted by Gasteiger charge is 2.17. The van der Waals surface area contributed by atoms with Gasteiger partial charge in [0.15, 0.2) is 0 Å². The summed E-state index contributed by atoms with van der Waals surface area (Å²) >= 11 is 0. The Morgan fingerprint density at radius 1 is 1.53 bits per heavy atom. The second-order valence-corrected chi connectivity index (χ2v) is 4.44. The molecule has 0 aliphatic carbocycles. The van der Waals surface area contributed by atoms with Crippen LogP contribution in [0.4, 0.5) is 0 Å². The van der Waals surface area contributed by atoms with Crippen LogP contribution in [0, 0.1) is 0 Å². The molecule has 0 saturated carbocycles. The number of rotatable bonds is 6. The van der Waals surface area contributed by atoms with Gasteiger partial charge >= 0.3 is 5.97 Å². The minimum absolute atomic E-state index is 0.146. The average Bonchev–Trinajstić information content (AvgIpc) is 2.91. The number of carboxylic acids is 1. The molecule has 1 N–H and O–H groups in total. The van der Waals surface area contributed by atoms with Crippen molar-refractivity contribution in [3.8, 4) is 11.5 Å². The number of aromatic carboxylic acids is 1. The van der Waals surface area contributed by atoms with E-state index in [-0.39, 0.29) is 11.7 Å². The Labute approximate surface area is 112 Å². The quantitative estimate of drug-likeness (QED) is 0.856. The van der Waals surface area contributed by atoms with Gasteiger partial charge in [-0.2, -0.15) is 0 Å². The minimum Gasteiger partial charge on any atom is -0.497 e. The molecule has 1 aromatic carbocycles. The first-order valence-corrected chi connectivity index (χ1v) is 6.36. The van der Waals surface area contributed by atoms with Gasteiger partial charge in [-0.15, -0.1) is 0 Å². The van der Waals surface area contributed by atoms with Gasteiger partial charge in [0.1, 0.15) is 17.1 Å². The summed E-state index contributed by atoms with van der Waals surface area (Å²) in [6, 6.07) is 4.69. The summed E-state index contributed by atoms with van der Waals surface area (Å²) in [5.41, 5.74) is 0.146. The van der Waals surface area contributed by atoms with Crippen LogP contribution in [0.3, 0.4) is 0 Å². The zero-order valence-electron chi connectivity index (χ0n) is 10.9. The van der Waals surface area contributed by atoms with Gasteiger partial charge in [-0.25, -0.2) is 4.79 Å². The standard InChI is InChI=1S/C14H18O5/c1-17-11-4-5-12(14(15)16)13(9-11)19-8-6-10-3-2-7-18-10/h4-5,9-10H,2-3,6-8H2,1H3,(H,15,16). The molecular formula is C14H18O5. The molecule has 0 aromatic heterocycles. The fourth-order valence-electron chi connectivity index (χ4n) is 2.10. The molecule has 1 unspecified atom stereocenters. The molecular weight excluding hydrogens is 248 g/mol. The van der Waals surface area contributed by atoms with E-state index in [1.807, 2.05) is 0 Å². The number of hydrogen-bond acceptors (Lipinski definition) is 4. The lowest BCUT2D eigenvalue weighted by atomic mass is 10.2. The zero-order chi connectivity index (χ0) is 13.7. The lowest BCUT2D eigenvalue weighted by molar-refractivity contribution is 0.0689. The average molecular weight is 266 g/mol. The molecule has 0 radical (unpaired) electrons. The Balaban J connectivity index is 1.98. The van der Waals surface area contributed by atoms with Gasteiger partial charge in [0.2, 0.25) is 0 Å². The monoisotopic (exact) mass is 266 g/mol. The van der Waals surface area contributed by atoms with Crippen LogP contribution in [0.2, 0.25) is 0 Å². The van der Waals surface area contributed by atoms with E-state index in [2.05, 4.69) is 0 Å². The molecule has 1 saturated heterocycles. The molecule has 0 amide bonds. The molecule has 1 heterocycles. The van der Waals surface area contributed by atoms with Gasteiger partial charge < -0.3 is 19.3 Å². The normalized spacial score (nSPS) is 18.3. The van der Waals surface area contributed by atoms with Crippen LogP contribution in [-0.2, 0) is 4.74 Å². The molecule has 1 aliphatic heterocycles. The van der Waals surface area contributed by atoms with Crippen molar-refractivity contribution in [3.63, 3.8) is 0 Å². The molecule has 1 fully saturated rings. The molecule has 0 spiro atoms. The second-order valence-electron chi connectivity index (χ2n) is 4.44. The van der Waals surface area contributed by atoms with Crippen molar-refractivity contribution in [2.45, 2.75) is 25.4 Å². The maximum absolute atomic E-state index is 11.1. The molecule has 1 atom stereocenters. The Hall–Kier alpha value is -1.75. The van der Waals surface area contributed by atoms with Gasteiger partial charge in [-0.1, -0.05) is 0 Å². The Morgan fingerprint density at radius 2 is 2.37 bits per heavy atom. The number of carboxylic acid groups (broad SMARTS) is 1. The van der Waals surface area contributed by atoms with Crippen molar-refractivity contribution in [3.05, 3.63) is 23.8 Å². The van der Waals surface area contributed by atoms with Crippen molar-refractivity contribution >= 4 is 5.97 Å². The van der Waals surface area contributed by atoms with E-state index >= 15 is 0 Å². The summed E-state index contributed by atoms with van der Waals surface area (Å²) in [4.78, 5) is 11.1. The summed E-state index contributed by atoms with van der Waals surface area (Å²) in [5, 5.41) is 9.09. The predicted molar refractivity (Wildman–Crippen MR) is 69.0 cm³/mol. The first kappa shape index (κ1) is 13.7. The first-order valence-electron chi connectivity index (χ1n) is 6.36. The van der Waals surface area contributed by atoms with Crippen molar-refractivity contribution in [2.24, 2.45) is 0 Å². The van der Waals surface area contributed by atoms with E-state index in [1.54, 1.807) is 12.1 Å². The van der Waals surface area contributed by atoms with E-state index in [4.69, 9.17) is 19.3 Å². The third kappa shape index (κ3) is 3.61. The fraction of sp³-hybridized carbons (Fsp3) is 0.500. The number of methoxy groups -OCH3 is 1. The summed E-state index contributed by atoms with van der Waals surface area (Å²) < 4.78 is 16.1. The van der Waals surface area contributed by atoms with Gasteiger partial charge in [0.05, 0.1) is 19.8 Å². The van der Waals surface area contributed by atoms with Crippen LogP contribution in [0.5, 0.6) is 11.5 Å². The van der Waals surface area contributed by atoms with Gasteiger partial charge in [0.25, 0.3) is 0 Å². The van der Waals surface area contributed by atoms with Crippen molar-refractivity contribution in [2.75, 3.05) is 20.3 Å². The lowest BCUT2D eigenvalue weighted by Gasteiger charge is -2.13. The van der Waals surface area contributed by atoms with E-state index in [9.17, 15) is 4.79 Å². The van der Waals surface area contributed by atoms with E-state index < -0.39 is 5.97 Å². The maximum Gasteiger partial charge on any atom is 0.339 e. The number of carbonyl (C=O) groups is 1. The van der Waals surface area contributed by atoms with Crippen LogP contribution in [-0.4, -0.2) is 37.5 Å². The zero-order valence-corrected chi connectivity index (χ0v) is 10.9. The molecule has 1 aromatic rings. The largest absolute Gasteiger partial charge is 0.497 e. The Bertz CT molecular complexity index is 437. The fourth-order valence-corrected chi connectivity index (χ4v) is 2.10. The SMILES string of the molecule is COc1ccc(C(=O)O)c(OCCC2CCCO2)c1. The third-order valence-electron chi connectivity index (χ3n) is 3.14. The van der Waals surface area contributed by atoms with E-state index in [1.165, 1.54) is 13.2 Å². The van der Waals surface area contributed by atoms with Crippen molar-refractivity contribution < 1.29 is 24.1 Å². The van der Waals surface area contributed by atoms with Crippen LogP contribution in [0.25, 0.3) is 0 Å². The van der Waals surface area contributed by atoms with Gasteiger partial charge in [-0.3, -0.25) is 0 Å². The smallest absolute Gasteiger partial charge is 0.339 e. The van der Waals surface area contributed by atoms with Gasteiger partial charge in [0, 0.05) is 19.1 Å². The molecule has 2 rings (SSSR count). The third-order valence-corrected chi connectivity index (χ3v) is 3.14. The Morgan fingerprint density at radius 3 is 3.00 bits per heavy atom. The second kappa shape index (κ2) is 6.43. The van der Waals surface area contributed by atoms with E-state index in [0.717, 1.165) is 25.9 Å². The molecule has 5 heteroatoms.